The number of hydrazone groups is 1. The molecule has 0 aliphatic carbocycles. The number of hydrogen-bond donors (Lipinski definition) is 1. The van der Waals surface area contributed by atoms with E-state index in [1.54, 1.807) is 66.7 Å². The van der Waals surface area contributed by atoms with E-state index in [0.29, 0.717) is 39.1 Å². The van der Waals surface area contributed by atoms with Gasteiger partial charge in [-0.05, 0) is 79.2 Å². The average molecular weight is 457 g/mol. The molecule has 3 aromatic carbocycles. The number of rotatable bonds is 7. The Bertz CT molecular complexity index is 1100. The Kier molecular flexibility index (Phi) is 7.65. The molecule has 3 rings (SSSR count). The molecule has 0 fully saturated rings. The third-order valence-corrected chi connectivity index (χ3v) is 4.54. The number of hydrogen-bond acceptors (Lipinski definition) is 5. The van der Waals surface area contributed by atoms with Crippen molar-refractivity contribution in [2.75, 3.05) is 6.61 Å². The molecular weight excluding hydrogens is 439 g/mol. The zero-order chi connectivity index (χ0) is 22.2. The number of carbonyl (C=O) groups is 2. The van der Waals surface area contributed by atoms with Crippen molar-refractivity contribution in [2.45, 2.75) is 6.92 Å². The lowest BCUT2D eigenvalue weighted by Gasteiger charge is -2.11. The summed E-state index contributed by atoms with van der Waals surface area (Å²) in [5.74, 6) is -0.261. The monoisotopic (exact) mass is 456 g/mol. The zero-order valence-electron chi connectivity index (χ0n) is 16.5. The van der Waals surface area contributed by atoms with Crippen LogP contribution in [-0.2, 0) is 0 Å². The fourth-order valence-corrected chi connectivity index (χ4v) is 2.79. The van der Waals surface area contributed by atoms with Gasteiger partial charge in [0.2, 0.25) is 0 Å². The van der Waals surface area contributed by atoms with Crippen molar-refractivity contribution < 1.29 is 19.1 Å². The Labute approximate surface area is 189 Å². The average Bonchev–Trinajstić information content (AvgIpc) is 2.76. The molecule has 0 bridgehead atoms. The van der Waals surface area contributed by atoms with Crippen LogP contribution in [0.15, 0.2) is 71.8 Å². The van der Waals surface area contributed by atoms with Gasteiger partial charge in [-0.2, -0.15) is 5.10 Å². The lowest BCUT2D eigenvalue weighted by molar-refractivity contribution is 0.0728. The summed E-state index contributed by atoms with van der Waals surface area (Å²) < 4.78 is 11.0. The Morgan fingerprint density at radius 3 is 2.13 bits per heavy atom. The van der Waals surface area contributed by atoms with Gasteiger partial charge in [0.25, 0.3) is 5.91 Å². The van der Waals surface area contributed by atoms with Crippen LogP contribution in [0.25, 0.3) is 0 Å². The quantitative estimate of drug-likeness (QED) is 0.224. The second-order valence-electron chi connectivity index (χ2n) is 6.24. The van der Waals surface area contributed by atoms with Crippen molar-refractivity contribution in [3.8, 4) is 11.5 Å². The largest absolute Gasteiger partial charge is 0.490 e. The Morgan fingerprint density at radius 2 is 1.52 bits per heavy atom. The smallest absolute Gasteiger partial charge is 0.343 e. The summed E-state index contributed by atoms with van der Waals surface area (Å²) in [5.41, 5.74) is 3.88. The fraction of sp³-hybridized carbons (Fsp3) is 0.0870. The van der Waals surface area contributed by atoms with Crippen molar-refractivity contribution in [1.29, 1.82) is 0 Å². The molecule has 0 heterocycles. The third-order valence-electron chi connectivity index (χ3n) is 4.04. The lowest BCUT2D eigenvalue weighted by atomic mass is 10.2. The van der Waals surface area contributed by atoms with Crippen LogP contribution < -0.4 is 14.9 Å². The standard InChI is InChI=1S/C23H18Cl2N2O4/c1-2-30-21-13-15(14-26-27-22(28)16-4-8-18(24)9-5-16)3-12-20(21)31-23(29)17-6-10-19(25)11-7-17/h3-14H,2H2,1H3,(H,27,28). The molecule has 31 heavy (non-hydrogen) atoms. The maximum atomic E-state index is 12.4. The first-order valence-corrected chi connectivity index (χ1v) is 10.1. The summed E-state index contributed by atoms with van der Waals surface area (Å²) in [4.78, 5) is 24.5. The highest BCUT2D eigenvalue weighted by molar-refractivity contribution is 6.31. The predicted molar refractivity (Wildman–Crippen MR) is 121 cm³/mol. The first-order chi connectivity index (χ1) is 15.0. The van der Waals surface area contributed by atoms with E-state index in [-0.39, 0.29) is 11.7 Å². The summed E-state index contributed by atoms with van der Waals surface area (Å²) in [6.07, 6.45) is 1.46. The molecule has 0 aliphatic heterocycles. The van der Waals surface area contributed by atoms with Crippen LogP contribution in [-0.4, -0.2) is 24.7 Å². The normalized spacial score (nSPS) is 10.7. The number of esters is 1. The van der Waals surface area contributed by atoms with Crippen molar-refractivity contribution in [2.24, 2.45) is 5.10 Å². The van der Waals surface area contributed by atoms with Crippen molar-refractivity contribution >= 4 is 41.3 Å². The highest BCUT2D eigenvalue weighted by Crippen LogP contribution is 2.29. The van der Waals surface area contributed by atoms with Gasteiger partial charge in [-0.3, -0.25) is 4.79 Å². The molecule has 158 valence electrons. The summed E-state index contributed by atoms with van der Waals surface area (Å²) in [5, 5.41) is 5.02. The van der Waals surface area contributed by atoms with Gasteiger partial charge in [-0.15, -0.1) is 0 Å². The molecule has 0 unspecified atom stereocenters. The molecule has 3 aromatic rings. The number of ether oxygens (including phenoxy) is 2. The van der Waals surface area contributed by atoms with Gasteiger partial charge in [0.15, 0.2) is 11.5 Å². The Balaban J connectivity index is 1.69. The van der Waals surface area contributed by atoms with Crippen LogP contribution in [0.5, 0.6) is 11.5 Å². The van der Waals surface area contributed by atoms with E-state index in [1.807, 2.05) is 6.92 Å². The van der Waals surface area contributed by atoms with Crippen LogP contribution in [0.1, 0.15) is 33.2 Å². The molecule has 0 radical (unpaired) electrons. The van der Waals surface area contributed by atoms with Crippen molar-refractivity contribution in [1.82, 2.24) is 5.43 Å². The Morgan fingerprint density at radius 1 is 0.903 bits per heavy atom. The number of amides is 1. The molecule has 1 amide bonds. The van der Waals surface area contributed by atoms with E-state index in [2.05, 4.69) is 10.5 Å². The first kappa shape index (κ1) is 22.3. The molecule has 0 spiro atoms. The van der Waals surface area contributed by atoms with Crippen molar-refractivity contribution in [3.63, 3.8) is 0 Å². The second kappa shape index (κ2) is 10.6. The number of nitrogens with zero attached hydrogens (tertiary/aromatic N) is 1. The summed E-state index contributed by atoms with van der Waals surface area (Å²) >= 11 is 11.7. The summed E-state index contributed by atoms with van der Waals surface area (Å²) in [6, 6.07) is 17.8. The molecule has 1 N–H and O–H groups in total. The molecular formula is C23H18Cl2N2O4. The minimum absolute atomic E-state index is 0.268. The van der Waals surface area contributed by atoms with Gasteiger partial charge in [0.1, 0.15) is 0 Å². The number of nitrogens with one attached hydrogen (secondary N) is 1. The van der Waals surface area contributed by atoms with Crippen LogP contribution in [0, 0.1) is 0 Å². The molecule has 6 nitrogen and oxygen atoms in total. The zero-order valence-corrected chi connectivity index (χ0v) is 18.0. The SMILES string of the molecule is CCOc1cc(C=NNC(=O)c2ccc(Cl)cc2)ccc1OC(=O)c1ccc(Cl)cc1. The van der Waals surface area contributed by atoms with Crippen LogP contribution in [0.3, 0.4) is 0 Å². The fourth-order valence-electron chi connectivity index (χ4n) is 2.53. The van der Waals surface area contributed by atoms with Gasteiger partial charge in [0.05, 0.1) is 18.4 Å². The molecule has 8 heteroatoms. The molecule has 0 saturated carbocycles. The Hall–Kier alpha value is -3.35. The second-order valence-corrected chi connectivity index (χ2v) is 7.11. The van der Waals surface area contributed by atoms with E-state index in [4.69, 9.17) is 32.7 Å². The van der Waals surface area contributed by atoms with Gasteiger partial charge in [0, 0.05) is 15.6 Å². The maximum Gasteiger partial charge on any atom is 0.343 e. The van der Waals surface area contributed by atoms with Crippen LogP contribution in [0.4, 0.5) is 0 Å². The van der Waals surface area contributed by atoms with Gasteiger partial charge in [-0.1, -0.05) is 23.2 Å². The molecule has 0 atom stereocenters. The van der Waals surface area contributed by atoms with Crippen LogP contribution in [0.2, 0.25) is 10.0 Å². The van der Waals surface area contributed by atoms with E-state index in [0.717, 1.165) is 0 Å². The highest BCUT2D eigenvalue weighted by Gasteiger charge is 2.13. The van der Waals surface area contributed by atoms with E-state index in [1.165, 1.54) is 6.21 Å². The molecule has 0 aliphatic rings. The topological polar surface area (TPSA) is 77.0 Å². The summed E-state index contributed by atoms with van der Waals surface area (Å²) in [6.45, 7) is 2.19. The number of carbonyl (C=O) groups excluding carboxylic acids is 2. The minimum atomic E-state index is -0.533. The maximum absolute atomic E-state index is 12.4. The molecule has 0 aromatic heterocycles. The predicted octanol–water partition coefficient (Wildman–Crippen LogP) is 5.38. The first-order valence-electron chi connectivity index (χ1n) is 9.30. The van der Waals surface area contributed by atoms with Gasteiger partial charge in [-0.25, -0.2) is 10.2 Å². The summed E-state index contributed by atoms with van der Waals surface area (Å²) in [7, 11) is 0. The number of halogens is 2. The molecule has 0 saturated heterocycles. The third kappa shape index (κ3) is 6.31. The highest BCUT2D eigenvalue weighted by atomic mass is 35.5. The van der Waals surface area contributed by atoms with Crippen LogP contribution >= 0.6 is 23.2 Å². The van der Waals surface area contributed by atoms with E-state index in [9.17, 15) is 9.59 Å². The van der Waals surface area contributed by atoms with E-state index < -0.39 is 5.97 Å². The number of benzene rings is 3. The minimum Gasteiger partial charge on any atom is -0.490 e. The van der Waals surface area contributed by atoms with Gasteiger partial charge >= 0.3 is 5.97 Å². The lowest BCUT2D eigenvalue weighted by Crippen LogP contribution is -2.17. The van der Waals surface area contributed by atoms with Gasteiger partial charge < -0.3 is 9.47 Å². The van der Waals surface area contributed by atoms with E-state index >= 15 is 0 Å². The van der Waals surface area contributed by atoms with Crippen molar-refractivity contribution in [3.05, 3.63) is 93.5 Å².